The number of aliphatic hydroxyl groups excluding tert-OH is 1. The van der Waals surface area contributed by atoms with E-state index in [-0.39, 0.29) is 11.3 Å². The van der Waals surface area contributed by atoms with E-state index in [1.807, 2.05) is 0 Å². The van der Waals surface area contributed by atoms with Crippen molar-refractivity contribution in [3.63, 3.8) is 0 Å². The van der Waals surface area contributed by atoms with E-state index in [2.05, 4.69) is 10.3 Å². The van der Waals surface area contributed by atoms with Crippen molar-refractivity contribution in [1.82, 2.24) is 4.98 Å². The third-order valence-electron chi connectivity index (χ3n) is 6.36. The molecule has 1 fully saturated rings. The van der Waals surface area contributed by atoms with Crippen LogP contribution in [0.4, 0.5) is 32.0 Å². The molecule has 2 aromatic rings. The van der Waals surface area contributed by atoms with Gasteiger partial charge in [-0.3, -0.25) is 9.78 Å². The van der Waals surface area contributed by atoms with E-state index in [9.17, 15) is 36.2 Å². The number of ether oxygens (including phenoxy) is 2. The minimum Gasteiger partial charge on any atom is -0.496 e. The van der Waals surface area contributed by atoms with E-state index in [1.54, 1.807) is 0 Å². The van der Waals surface area contributed by atoms with Crippen molar-refractivity contribution in [3.05, 3.63) is 53.1 Å². The molecule has 2 N–H and O–H groups in total. The van der Waals surface area contributed by atoms with Gasteiger partial charge < -0.3 is 19.9 Å². The lowest BCUT2D eigenvalue weighted by Gasteiger charge is -2.32. The molecule has 0 saturated carbocycles. The van der Waals surface area contributed by atoms with E-state index >= 15 is 0 Å². The van der Waals surface area contributed by atoms with Crippen LogP contribution in [-0.2, 0) is 9.53 Å². The van der Waals surface area contributed by atoms with Crippen LogP contribution in [0.15, 0.2) is 30.5 Å². The molecular weight excluding hydrogens is 482 g/mol. The number of benzene rings is 1. The van der Waals surface area contributed by atoms with Crippen LogP contribution in [0.25, 0.3) is 0 Å². The highest BCUT2D eigenvalue weighted by Gasteiger charge is 2.66. The molecule has 1 amide bonds. The van der Waals surface area contributed by atoms with Gasteiger partial charge in [-0.25, -0.2) is 13.2 Å². The van der Waals surface area contributed by atoms with Crippen LogP contribution in [-0.4, -0.2) is 41.0 Å². The van der Waals surface area contributed by atoms with Crippen LogP contribution < -0.4 is 10.1 Å². The van der Waals surface area contributed by atoms with Gasteiger partial charge in [-0.1, -0.05) is 13.0 Å². The highest BCUT2D eigenvalue weighted by atomic mass is 19.4. The van der Waals surface area contributed by atoms with Crippen LogP contribution in [0, 0.1) is 11.7 Å². The maximum atomic E-state index is 14.2. The van der Waals surface area contributed by atoms with Crippen LogP contribution in [0.1, 0.15) is 56.0 Å². The molecule has 0 spiro atoms. The van der Waals surface area contributed by atoms with Gasteiger partial charge >= 0.3 is 6.18 Å². The normalized spacial score (nSPS) is 25.5. The molecule has 35 heavy (non-hydrogen) atoms. The van der Waals surface area contributed by atoms with E-state index in [4.69, 9.17) is 9.47 Å². The number of nitrogens with one attached hydrogen (secondary N) is 1. The Morgan fingerprint density at radius 3 is 2.40 bits per heavy atom. The number of anilines is 1. The van der Waals surface area contributed by atoms with Gasteiger partial charge in [0.1, 0.15) is 17.7 Å². The fraction of sp³-hybridized carbons (Fsp3) is 0.478. The Balaban J connectivity index is 2.08. The highest BCUT2D eigenvalue weighted by Crippen LogP contribution is 2.55. The Morgan fingerprint density at radius 1 is 1.26 bits per heavy atom. The monoisotopic (exact) mass is 506 g/mol. The molecule has 0 unspecified atom stereocenters. The average Bonchev–Trinajstić information content (AvgIpc) is 3.05. The summed E-state index contributed by atoms with van der Waals surface area (Å²) < 4.78 is 93.6. The van der Waals surface area contributed by atoms with Crippen molar-refractivity contribution in [2.24, 2.45) is 5.92 Å². The molecule has 1 aromatic carbocycles. The van der Waals surface area contributed by atoms with E-state index in [1.165, 1.54) is 32.2 Å². The summed E-state index contributed by atoms with van der Waals surface area (Å²) in [5, 5.41) is 12.0. The maximum absolute atomic E-state index is 14.2. The molecule has 12 heteroatoms. The summed E-state index contributed by atoms with van der Waals surface area (Å²) >= 11 is 0. The second kappa shape index (κ2) is 9.65. The van der Waals surface area contributed by atoms with Crippen molar-refractivity contribution < 1.29 is 45.7 Å². The Morgan fingerprint density at radius 2 is 1.91 bits per heavy atom. The molecule has 3 rings (SSSR count). The minimum absolute atomic E-state index is 0.106. The SMILES string of the molecule is COc1c([C@H]2[C@H](C(=O)Nc3ccc([C@@H](C)O)nc3)O[C@@](C)(C(F)(F)F)[C@H]2C)ccc(F)c1C(F)F. The standard InChI is InChI=1S/C23H24F6N2O4/c1-10-16(13-6-7-14(24)17(20(25)26)18(13)34-4)19(35-22(10,3)23(27,28)29)21(33)31-12-5-8-15(11(2)32)30-9-12/h5-11,16,19-20,32H,1-4H3,(H,31,33)/t10-,11+,16-,19+,22+/m0/s1. The summed E-state index contributed by atoms with van der Waals surface area (Å²) in [5.74, 6) is -5.80. The summed E-state index contributed by atoms with van der Waals surface area (Å²) in [6.45, 7) is 3.41. The number of nitrogens with zero attached hydrogens (tertiary/aromatic N) is 1. The number of hydrogen-bond acceptors (Lipinski definition) is 5. The van der Waals surface area contributed by atoms with Crippen LogP contribution in [0.5, 0.6) is 5.75 Å². The van der Waals surface area contributed by atoms with Gasteiger partial charge in [0.15, 0.2) is 5.60 Å². The maximum Gasteiger partial charge on any atom is 0.417 e. The molecule has 1 saturated heterocycles. The van der Waals surface area contributed by atoms with Gasteiger partial charge in [0.05, 0.1) is 36.4 Å². The number of aromatic nitrogens is 1. The number of rotatable bonds is 6. The summed E-state index contributed by atoms with van der Waals surface area (Å²) in [6.07, 6.45) is -9.71. The zero-order valence-electron chi connectivity index (χ0n) is 19.2. The van der Waals surface area contributed by atoms with Crippen LogP contribution in [0.2, 0.25) is 0 Å². The quantitative estimate of drug-likeness (QED) is 0.520. The fourth-order valence-electron chi connectivity index (χ4n) is 4.25. The molecule has 6 nitrogen and oxygen atoms in total. The Labute approximate surface area is 197 Å². The first-order valence-corrected chi connectivity index (χ1v) is 10.6. The number of halogens is 6. The number of carbonyl (C=O) groups excluding carboxylic acids is 1. The predicted octanol–water partition coefficient (Wildman–Crippen LogP) is 5.30. The molecule has 1 aromatic heterocycles. The van der Waals surface area contributed by atoms with E-state index in [0.29, 0.717) is 11.8 Å². The van der Waals surface area contributed by atoms with Gasteiger partial charge in [0.25, 0.3) is 12.3 Å². The zero-order valence-corrected chi connectivity index (χ0v) is 19.2. The predicted molar refractivity (Wildman–Crippen MR) is 113 cm³/mol. The fourth-order valence-corrected chi connectivity index (χ4v) is 4.25. The topological polar surface area (TPSA) is 80.7 Å². The Bertz CT molecular complexity index is 1080. The molecule has 1 aliphatic heterocycles. The number of amides is 1. The van der Waals surface area contributed by atoms with Crippen molar-refractivity contribution in [1.29, 1.82) is 0 Å². The molecule has 2 heterocycles. The third-order valence-corrected chi connectivity index (χ3v) is 6.36. The Hall–Kier alpha value is -2.86. The molecule has 1 aliphatic rings. The van der Waals surface area contributed by atoms with Crippen LogP contribution in [0.3, 0.4) is 0 Å². The third kappa shape index (κ3) is 4.81. The molecule has 0 aliphatic carbocycles. The minimum atomic E-state index is -4.92. The van der Waals surface area contributed by atoms with E-state index < -0.39 is 65.3 Å². The number of alkyl halides is 5. The van der Waals surface area contributed by atoms with Crippen molar-refractivity contribution in [2.45, 2.75) is 57.1 Å². The lowest BCUT2D eigenvalue weighted by Crippen LogP contribution is -2.47. The molecular formula is C23H24F6N2O4. The van der Waals surface area contributed by atoms with Crippen molar-refractivity contribution >= 4 is 11.6 Å². The first kappa shape index (κ1) is 26.7. The molecule has 192 valence electrons. The smallest absolute Gasteiger partial charge is 0.417 e. The van der Waals surface area contributed by atoms with Gasteiger partial charge in [-0.05, 0) is 32.0 Å². The second-order valence-corrected chi connectivity index (χ2v) is 8.48. The molecule has 0 radical (unpaired) electrons. The largest absolute Gasteiger partial charge is 0.496 e. The van der Waals surface area contributed by atoms with E-state index in [0.717, 1.165) is 20.1 Å². The number of carbonyl (C=O) groups is 1. The van der Waals surface area contributed by atoms with Gasteiger partial charge in [0.2, 0.25) is 0 Å². The zero-order chi connectivity index (χ0) is 26.3. The number of hydrogen-bond donors (Lipinski definition) is 2. The highest BCUT2D eigenvalue weighted by molar-refractivity contribution is 5.95. The second-order valence-electron chi connectivity index (χ2n) is 8.48. The average molecular weight is 506 g/mol. The molecule has 5 atom stereocenters. The Kier molecular flexibility index (Phi) is 7.37. The molecule has 0 bridgehead atoms. The van der Waals surface area contributed by atoms with Crippen molar-refractivity contribution in [3.8, 4) is 5.75 Å². The first-order chi connectivity index (χ1) is 16.2. The van der Waals surface area contributed by atoms with Crippen LogP contribution >= 0.6 is 0 Å². The first-order valence-electron chi connectivity index (χ1n) is 10.6. The lowest BCUT2D eigenvalue weighted by atomic mass is 9.76. The number of pyridine rings is 1. The van der Waals surface area contributed by atoms with Gasteiger partial charge in [-0.15, -0.1) is 0 Å². The number of methoxy groups -OCH3 is 1. The van der Waals surface area contributed by atoms with Gasteiger partial charge in [-0.2, -0.15) is 13.2 Å². The number of aliphatic hydroxyl groups is 1. The van der Waals surface area contributed by atoms with Crippen molar-refractivity contribution in [2.75, 3.05) is 12.4 Å². The lowest BCUT2D eigenvalue weighted by molar-refractivity contribution is -0.272. The summed E-state index contributed by atoms with van der Waals surface area (Å²) in [6, 6.07) is 4.51. The summed E-state index contributed by atoms with van der Waals surface area (Å²) in [5.41, 5.74) is -3.75. The summed E-state index contributed by atoms with van der Waals surface area (Å²) in [7, 11) is 0.984. The summed E-state index contributed by atoms with van der Waals surface area (Å²) in [4.78, 5) is 17.1. The van der Waals surface area contributed by atoms with Gasteiger partial charge in [0, 0.05) is 17.4 Å².